The van der Waals surface area contributed by atoms with E-state index in [1.54, 1.807) is 50.2 Å². The number of ether oxygens (including phenoxy) is 2. The molecule has 0 fully saturated rings. The Balaban J connectivity index is 1.96. The molecule has 3 aromatic carbocycles. The van der Waals surface area contributed by atoms with Crippen molar-refractivity contribution >= 4 is 44.9 Å². The van der Waals surface area contributed by atoms with E-state index >= 15 is 0 Å². The number of halogens is 1. The Morgan fingerprint density at radius 2 is 1.74 bits per heavy atom. The average Bonchev–Trinajstić information content (AvgIpc) is 2.84. The van der Waals surface area contributed by atoms with Crippen LogP contribution >= 0.6 is 11.6 Å². The highest BCUT2D eigenvalue weighted by Gasteiger charge is 2.28. The molecule has 3 aromatic rings. The summed E-state index contributed by atoms with van der Waals surface area (Å²) < 4.78 is 38.1. The number of hydrogen-bond donors (Lipinski definition) is 1. The molecule has 1 N–H and O–H groups in total. The van der Waals surface area contributed by atoms with Gasteiger partial charge < -0.3 is 14.8 Å². The van der Waals surface area contributed by atoms with Crippen molar-refractivity contribution in [3.05, 3.63) is 82.9 Å². The summed E-state index contributed by atoms with van der Waals surface area (Å²) >= 11 is 6.24. The van der Waals surface area contributed by atoms with Gasteiger partial charge in [-0.3, -0.25) is 9.10 Å². The number of hydrogen-bond acceptors (Lipinski definition) is 6. The van der Waals surface area contributed by atoms with Crippen LogP contribution in [0.4, 0.5) is 11.4 Å². The Hall–Kier alpha value is -3.56. The summed E-state index contributed by atoms with van der Waals surface area (Å²) in [6, 6.07) is 17.0. The van der Waals surface area contributed by atoms with Gasteiger partial charge in [-0.25, -0.2) is 13.2 Å². The van der Waals surface area contributed by atoms with Crippen molar-refractivity contribution in [2.75, 3.05) is 29.9 Å². The molecule has 0 aromatic heterocycles. The van der Waals surface area contributed by atoms with Crippen molar-refractivity contribution in [1.29, 1.82) is 0 Å². The number of amides is 1. The molecule has 0 bridgehead atoms. The van der Waals surface area contributed by atoms with Gasteiger partial charge in [-0.1, -0.05) is 35.9 Å². The summed E-state index contributed by atoms with van der Waals surface area (Å²) in [5.74, 6) is -0.758. The monoisotopic (exact) mass is 516 g/mol. The van der Waals surface area contributed by atoms with Crippen LogP contribution in [0, 0.1) is 6.92 Å². The topological polar surface area (TPSA) is 102 Å². The molecule has 8 nitrogen and oxygen atoms in total. The van der Waals surface area contributed by atoms with Crippen molar-refractivity contribution in [2.24, 2.45) is 0 Å². The fourth-order valence-electron chi connectivity index (χ4n) is 3.37. The second kappa shape index (κ2) is 11.2. The molecule has 1 amide bonds. The summed E-state index contributed by atoms with van der Waals surface area (Å²) in [7, 11) is -2.67. The van der Waals surface area contributed by atoms with Gasteiger partial charge in [0.05, 0.1) is 34.9 Å². The van der Waals surface area contributed by atoms with Crippen molar-refractivity contribution in [3.63, 3.8) is 0 Å². The molecule has 184 valence electrons. The smallest absolute Gasteiger partial charge is 0.338 e. The molecule has 0 saturated heterocycles. The number of carbonyl (C=O) groups is 2. The standard InChI is InChI=1S/C25H25ClN2O6S/c1-4-34-25(30)20-11-8-12-22(17(20)2)27-24(29)16-28(18-13-14-23(33-3)21(26)15-18)35(31,32)19-9-6-5-7-10-19/h5-15H,4,16H2,1-3H3,(H,27,29). The maximum Gasteiger partial charge on any atom is 0.338 e. The Bertz CT molecular complexity index is 1330. The van der Waals surface area contributed by atoms with Gasteiger partial charge in [-0.15, -0.1) is 0 Å². The molecule has 0 aliphatic rings. The number of nitrogens with one attached hydrogen (secondary N) is 1. The molecule has 0 unspecified atom stereocenters. The Morgan fingerprint density at radius 3 is 2.37 bits per heavy atom. The molecule has 3 rings (SSSR count). The molecule has 0 aliphatic heterocycles. The number of sulfonamides is 1. The van der Waals surface area contributed by atoms with Gasteiger partial charge in [0.2, 0.25) is 5.91 Å². The third kappa shape index (κ3) is 5.93. The first-order valence-electron chi connectivity index (χ1n) is 10.7. The van der Waals surface area contributed by atoms with E-state index in [1.807, 2.05) is 0 Å². The normalized spacial score (nSPS) is 11.0. The third-order valence-corrected chi connectivity index (χ3v) is 7.23. The Morgan fingerprint density at radius 1 is 1.03 bits per heavy atom. The molecular formula is C25H25ClN2O6S. The number of carbonyl (C=O) groups excluding carboxylic acids is 2. The lowest BCUT2D eigenvalue weighted by molar-refractivity contribution is -0.114. The summed E-state index contributed by atoms with van der Waals surface area (Å²) in [5.41, 5.74) is 1.36. The van der Waals surface area contributed by atoms with Crippen molar-refractivity contribution < 1.29 is 27.5 Å². The molecule has 0 radical (unpaired) electrons. The highest BCUT2D eigenvalue weighted by atomic mass is 35.5. The zero-order valence-corrected chi connectivity index (χ0v) is 21.0. The lowest BCUT2D eigenvalue weighted by Crippen LogP contribution is -2.38. The van der Waals surface area contributed by atoms with E-state index in [4.69, 9.17) is 21.1 Å². The third-order valence-electron chi connectivity index (χ3n) is 5.15. The highest BCUT2D eigenvalue weighted by molar-refractivity contribution is 7.92. The van der Waals surface area contributed by atoms with Crippen LogP contribution < -0.4 is 14.4 Å². The van der Waals surface area contributed by atoms with E-state index in [1.165, 1.54) is 37.4 Å². The van der Waals surface area contributed by atoms with E-state index in [9.17, 15) is 18.0 Å². The van der Waals surface area contributed by atoms with Crippen LogP contribution in [0.1, 0.15) is 22.8 Å². The second-order valence-electron chi connectivity index (χ2n) is 7.39. The maximum absolute atomic E-state index is 13.5. The van der Waals surface area contributed by atoms with Crippen LogP contribution in [-0.4, -0.2) is 40.6 Å². The molecule has 10 heteroatoms. The first kappa shape index (κ1) is 26.1. The quantitative estimate of drug-likeness (QED) is 0.415. The maximum atomic E-state index is 13.5. The van der Waals surface area contributed by atoms with Crippen LogP contribution in [0.5, 0.6) is 5.75 Å². The van der Waals surface area contributed by atoms with Crippen LogP contribution in [0.3, 0.4) is 0 Å². The molecule has 0 aliphatic carbocycles. The van der Waals surface area contributed by atoms with Crippen molar-refractivity contribution in [1.82, 2.24) is 0 Å². The van der Waals surface area contributed by atoms with E-state index in [0.29, 0.717) is 22.6 Å². The highest BCUT2D eigenvalue weighted by Crippen LogP contribution is 2.32. The van der Waals surface area contributed by atoms with Gasteiger partial charge in [-0.05, 0) is 61.9 Å². The summed E-state index contributed by atoms with van der Waals surface area (Å²) in [6.45, 7) is 3.05. The second-order valence-corrected chi connectivity index (χ2v) is 9.66. The summed E-state index contributed by atoms with van der Waals surface area (Å²) in [5, 5.41) is 2.89. The number of rotatable bonds is 9. The van der Waals surface area contributed by atoms with Crippen molar-refractivity contribution in [3.8, 4) is 5.75 Å². The fourth-order valence-corrected chi connectivity index (χ4v) is 5.05. The number of esters is 1. The van der Waals surface area contributed by atoms with Gasteiger partial charge in [0.15, 0.2) is 0 Å². The lowest BCUT2D eigenvalue weighted by atomic mass is 10.1. The van der Waals surface area contributed by atoms with Crippen LogP contribution in [0.2, 0.25) is 5.02 Å². The number of benzene rings is 3. The zero-order chi connectivity index (χ0) is 25.6. The predicted octanol–water partition coefficient (Wildman–Crippen LogP) is 4.67. The van der Waals surface area contributed by atoms with Crippen LogP contribution in [0.15, 0.2) is 71.6 Å². The van der Waals surface area contributed by atoms with E-state index in [0.717, 1.165) is 4.31 Å². The molecule has 35 heavy (non-hydrogen) atoms. The molecule has 0 spiro atoms. The van der Waals surface area contributed by atoms with Gasteiger partial charge in [0.25, 0.3) is 10.0 Å². The fraction of sp³-hybridized carbons (Fsp3) is 0.200. The molecular weight excluding hydrogens is 492 g/mol. The number of anilines is 2. The van der Waals surface area contributed by atoms with Gasteiger partial charge in [0.1, 0.15) is 12.3 Å². The predicted molar refractivity (Wildman–Crippen MR) is 135 cm³/mol. The van der Waals surface area contributed by atoms with Crippen LogP contribution in [-0.2, 0) is 19.6 Å². The minimum atomic E-state index is -4.12. The SMILES string of the molecule is CCOC(=O)c1cccc(NC(=O)CN(c2ccc(OC)c(Cl)c2)S(=O)(=O)c2ccccc2)c1C. The summed E-state index contributed by atoms with van der Waals surface area (Å²) in [6.07, 6.45) is 0. The van der Waals surface area contributed by atoms with E-state index in [-0.39, 0.29) is 22.2 Å². The first-order chi connectivity index (χ1) is 16.7. The number of methoxy groups -OCH3 is 1. The van der Waals surface area contributed by atoms with Gasteiger partial charge >= 0.3 is 5.97 Å². The first-order valence-corrected chi connectivity index (χ1v) is 12.5. The molecule has 0 atom stereocenters. The van der Waals surface area contributed by atoms with Crippen LogP contribution in [0.25, 0.3) is 0 Å². The van der Waals surface area contributed by atoms with Gasteiger partial charge in [-0.2, -0.15) is 0 Å². The Labute approximate surface area is 209 Å². The zero-order valence-electron chi connectivity index (χ0n) is 19.4. The Kier molecular flexibility index (Phi) is 8.37. The molecule has 0 saturated carbocycles. The van der Waals surface area contributed by atoms with Gasteiger partial charge in [0, 0.05) is 5.69 Å². The minimum absolute atomic E-state index is 0.0141. The molecule has 0 heterocycles. The van der Waals surface area contributed by atoms with Crippen molar-refractivity contribution in [2.45, 2.75) is 18.7 Å². The lowest BCUT2D eigenvalue weighted by Gasteiger charge is -2.25. The average molecular weight is 517 g/mol. The van der Waals surface area contributed by atoms with E-state index < -0.39 is 28.4 Å². The largest absolute Gasteiger partial charge is 0.495 e. The van der Waals surface area contributed by atoms with E-state index in [2.05, 4.69) is 5.32 Å². The minimum Gasteiger partial charge on any atom is -0.495 e. The summed E-state index contributed by atoms with van der Waals surface area (Å²) in [4.78, 5) is 25.3. The number of nitrogens with zero attached hydrogens (tertiary/aromatic N) is 1.